The number of carbonyl (C=O) groups is 1. The smallest absolute Gasteiger partial charge is 0.419 e. The largest absolute Gasteiger partial charge is 0.507 e. The Bertz CT molecular complexity index is 740. The van der Waals surface area contributed by atoms with E-state index >= 15 is 0 Å². The summed E-state index contributed by atoms with van der Waals surface area (Å²) >= 11 is 0. The normalized spacial score (nSPS) is 11.7. The van der Waals surface area contributed by atoms with E-state index in [1.165, 1.54) is 18.2 Å². The number of hydrogen-bond donors (Lipinski definition) is 2. The number of aromatic hydroxyl groups is 1. The summed E-state index contributed by atoms with van der Waals surface area (Å²) in [4.78, 5) is 11.7. The minimum Gasteiger partial charge on any atom is -0.507 e. The summed E-state index contributed by atoms with van der Waals surface area (Å²) in [5.74, 6) is -2.17. The van der Waals surface area contributed by atoms with E-state index < -0.39 is 29.2 Å². The zero-order valence-electron chi connectivity index (χ0n) is 11.4. The number of alkyl halides is 3. The second-order valence-corrected chi connectivity index (χ2v) is 4.45. The van der Waals surface area contributed by atoms with Gasteiger partial charge in [0.15, 0.2) is 0 Å². The van der Waals surface area contributed by atoms with Crippen LogP contribution in [0.3, 0.4) is 0 Å². The average molecular weight is 326 g/mol. The molecule has 1 amide bonds. The van der Waals surface area contributed by atoms with Gasteiger partial charge in [0, 0.05) is 11.1 Å². The summed E-state index contributed by atoms with van der Waals surface area (Å²) in [6, 6.07) is 7.64. The minimum absolute atomic E-state index is 0.122. The number of halogens is 4. The van der Waals surface area contributed by atoms with Crippen LogP contribution in [0.1, 0.15) is 21.5 Å². The van der Waals surface area contributed by atoms with E-state index in [0.29, 0.717) is 0 Å². The number of phenols is 1. The van der Waals surface area contributed by atoms with Gasteiger partial charge >= 0.3 is 6.18 Å². The summed E-state index contributed by atoms with van der Waals surface area (Å²) < 4.78 is 50.6. The zero-order chi connectivity index (χ0) is 17.0. The molecule has 23 heavy (non-hydrogen) atoms. The maximum Gasteiger partial charge on any atom is 0.419 e. The highest BCUT2D eigenvalue weighted by atomic mass is 19.4. The van der Waals surface area contributed by atoms with Crippen LogP contribution in [0.4, 0.5) is 17.6 Å². The lowest BCUT2D eigenvalue weighted by Gasteiger charge is -2.10. The number of nitrogens with zero attached hydrogens (tertiary/aromatic N) is 1. The summed E-state index contributed by atoms with van der Waals surface area (Å²) in [5, 5.41) is 13.1. The van der Waals surface area contributed by atoms with E-state index in [4.69, 9.17) is 0 Å². The molecule has 0 aliphatic heterocycles. The fourth-order valence-electron chi connectivity index (χ4n) is 1.72. The van der Waals surface area contributed by atoms with Crippen molar-refractivity contribution in [2.45, 2.75) is 6.18 Å². The first-order valence-electron chi connectivity index (χ1n) is 6.27. The van der Waals surface area contributed by atoms with E-state index in [9.17, 15) is 27.5 Å². The molecule has 8 heteroatoms. The highest BCUT2D eigenvalue weighted by Gasteiger charge is 2.34. The number of amides is 1. The van der Waals surface area contributed by atoms with Gasteiger partial charge in [-0.3, -0.25) is 4.79 Å². The Morgan fingerprint density at radius 3 is 2.39 bits per heavy atom. The van der Waals surface area contributed by atoms with Crippen LogP contribution < -0.4 is 5.43 Å². The lowest BCUT2D eigenvalue weighted by atomic mass is 10.1. The maximum absolute atomic E-state index is 12.7. The monoisotopic (exact) mass is 326 g/mol. The van der Waals surface area contributed by atoms with Crippen LogP contribution in [0.2, 0.25) is 0 Å². The van der Waals surface area contributed by atoms with Crippen molar-refractivity contribution in [2.24, 2.45) is 5.10 Å². The van der Waals surface area contributed by atoms with Gasteiger partial charge in [0.05, 0.1) is 11.8 Å². The standard InChI is InChI=1S/C15H10F4N2O2/c16-11-6-4-9(5-7-11)14(23)21-20-8-10-2-1-3-12(13(10)22)15(17,18)19/h1-8,22H,(H,21,23)/b20-8+. The molecule has 0 spiro atoms. The fraction of sp³-hybridized carbons (Fsp3) is 0.0667. The summed E-state index contributed by atoms with van der Waals surface area (Å²) in [6.45, 7) is 0. The zero-order valence-corrected chi connectivity index (χ0v) is 11.4. The molecule has 4 nitrogen and oxygen atoms in total. The summed E-state index contributed by atoms with van der Waals surface area (Å²) in [7, 11) is 0. The molecule has 2 aromatic rings. The number of benzene rings is 2. The number of carbonyl (C=O) groups excluding carboxylic acids is 1. The van der Waals surface area contributed by atoms with Gasteiger partial charge in [0.1, 0.15) is 11.6 Å². The van der Waals surface area contributed by atoms with Gasteiger partial charge < -0.3 is 5.11 Å². The highest BCUT2D eigenvalue weighted by Crippen LogP contribution is 2.36. The van der Waals surface area contributed by atoms with Crippen molar-refractivity contribution in [1.82, 2.24) is 5.43 Å². The van der Waals surface area contributed by atoms with E-state index in [1.807, 2.05) is 0 Å². The molecule has 0 heterocycles. The Morgan fingerprint density at radius 1 is 1.13 bits per heavy atom. The van der Waals surface area contributed by atoms with E-state index in [2.05, 4.69) is 10.5 Å². The first-order chi connectivity index (χ1) is 10.8. The molecular formula is C15H10F4N2O2. The Kier molecular flexibility index (Phi) is 4.63. The van der Waals surface area contributed by atoms with E-state index in [1.54, 1.807) is 0 Å². The van der Waals surface area contributed by atoms with Crippen molar-refractivity contribution in [3.8, 4) is 5.75 Å². The van der Waals surface area contributed by atoms with Crippen LogP contribution >= 0.6 is 0 Å². The molecule has 0 atom stereocenters. The van der Waals surface area contributed by atoms with Crippen LogP contribution in [0.5, 0.6) is 5.75 Å². The van der Waals surface area contributed by atoms with Gasteiger partial charge in [-0.2, -0.15) is 18.3 Å². The maximum atomic E-state index is 12.7. The van der Waals surface area contributed by atoms with Crippen molar-refractivity contribution in [2.75, 3.05) is 0 Å². The van der Waals surface area contributed by atoms with Crippen LogP contribution in [0, 0.1) is 5.82 Å². The highest BCUT2D eigenvalue weighted by molar-refractivity contribution is 5.95. The molecule has 0 unspecified atom stereocenters. The van der Waals surface area contributed by atoms with Gasteiger partial charge in [-0.25, -0.2) is 9.82 Å². The lowest BCUT2D eigenvalue weighted by Crippen LogP contribution is -2.17. The van der Waals surface area contributed by atoms with Crippen molar-refractivity contribution < 1.29 is 27.5 Å². The molecular weight excluding hydrogens is 316 g/mol. The molecule has 0 aliphatic carbocycles. The second kappa shape index (κ2) is 6.47. The molecule has 2 N–H and O–H groups in total. The van der Waals surface area contributed by atoms with Gasteiger partial charge in [-0.15, -0.1) is 0 Å². The lowest BCUT2D eigenvalue weighted by molar-refractivity contribution is -0.138. The predicted molar refractivity (Wildman–Crippen MR) is 74.6 cm³/mol. The van der Waals surface area contributed by atoms with E-state index in [-0.39, 0.29) is 11.1 Å². The van der Waals surface area contributed by atoms with Crippen molar-refractivity contribution in [3.63, 3.8) is 0 Å². The SMILES string of the molecule is O=C(N/N=C/c1cccc(C(F)(F)F)c1O)c1ccc(F)cc1. The van der Waals surface area contributed by atoms with Crippen LogP contribution in [0.15, 0.2) is 47.6 Å². The fourth-order valence-corrected chi connectivity index (χ4v) is 1.72. The second-order valence-electron chi connectivity index (χ2n) is 4.45. The average Bonchev–Trinajstić information content (AvgIpc) is 2.48. The molecule has 2 rings (SSSR count). The van der Waals surface area contributed by atoms with Crippen LogP contribution in [0.25, 0.3) is 0 Å². The number of para-hydroxylation sites is 1. The molecule has 0 saturated heterocycles. The predicted octanol–water partition coefficient (Wildman–Crippen LogP) is 3.31. The first kappa shape index (κ1) is 16.5. The minimum atomic E-state index is -4.70. The van der Waals surface area contributed by atoms with Gasteiger partial charge in [0.2, 0.25) is 0 Å². The van der Waals surface area contributed by atoms with E-state index in [0.717, 1.165) is 30.5 Å². The molecule has 120 valence electrons. The van der Waals surface area contributed by atoms with Crippen LogP contribution in [-0.2, 0) is 6.18 Å². The van der Waals surface area contributed by atoms with Gasteiger partial charge in [-0.05, 0) is 36.4 Å². The molecule has 0 aliphatic rings. The quantitative estimate of drug-likeness (QED) is 0.516. The Morgan fingerprint density at radius 2 is 1.78 bits per heavy atom. The Labute approximate surface area is 128 Å². The topological polar surface area (TPSA) is 61.7 Å². The van der Waals surface area contributed by atoms with Gasteiger partial charge in [-0.1, -0.05) is 6.07 Å². The first-order valence-corrected chi connectivity index (χ1v) is 6.27. The molecule has 2 aromatic carbocycles. The molecule has 0 saturated carbocycles. The Balaban J connectivity index is 2.12. The number of nitrogens with one attached hydrogen (secondary N) is 1. The molecule has 0 fully saturated rings. The third kappa shape index (κ3) is 4.06. The Hall–Kier alpha value is -2.90. The molecule has 0 radical (unpaired) electrons. The van der Waals surface area contributed by atoms with Crippen LogP contribution in [-0.4, -0.2) is 17.2 Å². The van der Waals surface area contributed by atoms with Crippen molar-refractivity contribution in [1.29, 1.82) is 0 Å². The third-order valence-electron chi connectivity index (χ3n) is 2.85. The molecule has 0 aromatic heterocycles. The van der Waals surface area contributed by atoms with Gasteiger partial charge in [0.25, 0.3) is 5.91 Å². The number of phenolic OH excluding ortho intramolecular Hbond substituents is 1. The third-order valence-corrected chi connectivity index (χ3v) is 2.85. The number of hydrazone groups is 1. The number of rotatable bonds is 3. The summed E-state index contributed by atoms with van der Waals surface area (Å²) in [6.07, 6.45) is -3.82. The van der Waals surface area contributed by atoms with Crippen molar-refractivity contribution in [3.05, 3.63) is 65.0 Å². The molecule has 0 bridgehead atoms. The number of hydrogen-bond acceptors (Lipinski definition) is 3. The summed E-state index contributed by atoms with van der Waals surface area (Å²) in [5.41, 5.74) is 0.779. The van der Waals surface area contributed by atoms with Crippen molar-refractivity contribution >= 4 is 12.1 Å².